The molecular weight excluding hydrogens is 196 g/mol. The van der Waals surface area contributed by atoms with Gasteiger partial charge in [-0.1, -0.05) is 0 Å². The van der Waals surface area contributed by atoms with Crippen LogP contribution in [0.2, 0.25) is 0 Å². The first-order chi connectivity index (χ1) is 7.20. The van der Waals surface area contributed by atoms with E-state index in [-0.39, 0.29) is 11.7 Å². The third kappa shape index (κ3) is 4.30. The van der Waals surface area contributed by atoms with Crippen molar-refractivity contribution >= 4 is 5.91 Å². The number of carbonyl (C=O) groups excluding carboxylic acids is 1. The highest BCUT2D eigenvalue weighted by Crippen LogP contribution is 1.98. The normalized spacial score (nSPS) is 14.8. The molecule has 0 saturated carbocycles. The van der Waals surface area contributed by atoms with E-state index in [4.69, 9.17) is 5.11 Å². The molecule has 2 heterocycles. The van der Waals surface area contributed by atoms with Crippen LogP contribution in [0.15, 0.2) is 23.1 Å². The molecule has 1 aliphatic rings. The first-order valence-electron chi connectivity index (χ1n) is 4.83. The number of aromatic hydroxyl groups is 1. The van der Waals surface area contributed by atoms with E-state index in [9.17, 15) is 9.59 Å². The first-order valence-corrected chi connectivity index (χ1v) is 4.83. The Hall–Kier alpha value is -1.78. The lowest BCUT2D eigenvalue weighted by Crippen LogP contribution is -2.28. The van der Waals surface area contributed by atoms with E-state index in [0.717, 1.165) is 25.8 Å². The third-order valence-electron chi connectivity index (χ3n) is 1.95. The number of pyridine rings is 1. The van der Waals surface area contributed by atoms with E-state index in [1.165, 1.54) is 12.3 Å². The minimum atomic E-state index is -0.451. The van der Waals surface area contributed by atoms with E-state index in [0.29, 0.717) is 0 Å². The largest absolute Gasteiger partial charge is 0.503 e. The quantitative estimate of drug-likeness (QED) is 0.578. The number of hydrogen-bond donors (Lipinski definition) is 3. The summed E-state index contributed by atoms with van der Waals surface area (Å²) in [5.74, 6) is -0.0289. The number of aromatic nitrogens is 1. The Labute approximate surface area is 87.1 Å². The molecule has 0 unspecified atom stereocenters. The maximum atomic E-state index is 10.4. The van der Waals surface area contributed by atoms with Crippen molar-refractivity contribution in [3.63, 3.8) is 0 Å². The summed E-state index contributed by atoms with van der Waals surface area (Å²) in [5.41, 5.74) is -0.451. The summed E-state index contributed by atoms with van der Waals surface area (Å²) in [7, 11) is 0. The summed E-state index contributed by atoms with van der Waals surface area (Å²) >= 11 is 0. The summed E-state index contributed by atoms with van der Waals surface area (Å²) in [4.78, 5) is 23.0. The Bertz CT molecular complexity index is 365. The summed E-state index contributed by atoms with van der Waals surface area (Å²) in [6, 6.07) is 2.88. The molecule has 15 heavy (non-hydrogen) atoms. The minimum Gasteiger partial charge on any atom is -0.503 e. The van der Waals surface area contributed by atoms with E-state index < -0.39 is 5.56 Å². The second kappa shape index (κ2) is 5.85. The van der Waals surface area contributed by atoms with E-state index >= 15 is 0 Å². The lowest BCUT2D eigenvalue weighted by Gasteiger charge is -2.08. The fraction of sp³-hybridized carbons (Fsp3) is 0.400. The molecule has 0 radical (unpaired) electrons. The van der Waals surface area contributed by atoms with Crippen molar-refractivity contribution in [1.29, 1.82) is 0 Å². The first kappa shape index (κ1) is 11.3. The lowest BCUT2D eigenvalue weighted by atomic mass is 10.2. The molecule has 0 aliphatic carbocycles. The van der Waals surface area contributed by atoms with Gasteiger partial charge in [0.2, 0.25) is 5.91 Å². The van der Waals surface area contributed by atoms with Crippen LogP contribution in [0, 0.1) is 0 Å². The van der Waals surface area contributed by atoms with Crippen LogP contribution in [0.5, 0.6) is 5.75 Å². The second-order valence-corrected chi connectivity index (χ2v) is 3.19. The number of hydrogen-bond acceptors (Lipinski definition) is 3. The number of nitrogens with one attached hydrogen (secondary N) is 2. The van der Waals surface area contributed by atoms with Crippen molar-refractivity contribution in [2.24, 2.45) is 0 Å². The Morgan fingerprint density at radius 1 is 1.27 bits per heavy atom. The second-order valence-electron chi connectivity index (χ2n) is 3.19. The van der Waals surface area contributed by atoms with Crippen LogP contribution in [0.1, 0.15) is 19.3 Å². The topological polar surface area (TPSA) is 82.2 Å². The highest BCUT2D eigenvalue weighted by molar-refractivity contribution is 5.76. The van der Waals surface area contributed by atoms with E-state index in [1.807, 2.05) is 0 Å². The van der Waals surface area contributed by atoms with Crippen molar-refractivity contribution < 1.29 is 9.90 Å². The smallest absolute Gasteiger partial charge is 0.290 e. The van der Waals surface area contributed by atoms with E-state index in [1.54, 1.807) is 6.07 Å². The van der Waals surface area contributed by atoms with Crippen LogP contribution in [-0.4, -0.2) is 22.5 Å². The maximum Gasteiger partial charge on any atom is 0.290 e. The van der Waals surface area contributed by atoms with Gasteiger partial charge in [-0.3, -0.25) is 9.59 Å². The molecule has 3 N–H and O–H groups in total. The van der Waals surface area contributed by atoms with Gasteiger partial charge in [-0.05, 0) is 25.0 Å². The molecule has 0 bridgehead atoms. The van der Waals surface area contributed by atoms with Gasteiger partial charge in [0.1, 0.15) is 0 Å². The van der Waals surface area contributed by atoms with Crippen molar-refractivity contribution in [2.75, 3.05) is 6.54 Å². The zero-order valence-corrected chi connectivity index (χ0v) is 8.32. The van der Waals surface area contributed by atoms with Gasteiger partial charge in [0, 0.05) is 19.2 Å². The molecule has 82 valence electrons. The Balaban J connectivity index is 0.000000151. The number of piperidine rings is 1. The van der Waals surface area contributed by atoms with Crippen LogP contribution in [-0.2, 0) is 4.79 Å². The molecule has 0 spiro atoms. The molecule has 0 aromatic carbocycles. The van der Waals surface area contributed by atoms with E-state index in [2.05, 4.69) is 10.3 Å². The van der Waals surface area contributed by atoms with Gasteiger partial charge in [-0.2, -0.15) is 0 Å². The monoisotopic (exact) mass is 210 g/mol. The van der Waals surface area contributed by atoms with Crippen molar-refractivity contribution in [3.05, 3.63) is 28.7 Å². The molecule has 5 heteroatoms. The molecular formula is C10H14N2O3. The fourth-order valence-corrected chi connectivity index (χ4v) is 1.14. The van der Waals surface area contributed by atoms with Gasteiger partial charge in [-0.15, -0.1) is 0 Å². The lowest BCUT2D eigenvalue weighted by molar-refractivity contribution is -0.122. The summed E-state index contributed by atoms with van der Waals surface area (Å²) in [5, 5.41) is 11.3. The highest BCUT2D eigenvalue weighted by Gasteiger charge is 2.04. The molecule has 1 amide bonds. The van der Waals surface area contributed by atoms with Crippen LogP contribution in [0.25, 0.3) is 0 Å². The molecule has 2 rings (SSSR count). The van der Waals surface area contributed by atoms with Gasteiger partial charge < -0.3 is 15.4 Å². The molecule has 1 saturated heterocycles. The zero-order chi connectivity index (χ0) is 11.1. The number of amides is 1. The van der Waals surface area contributed by atoms with Gasteiger partial charge >= 0.3 is 0 Å². The average Bonchev–Trinajstić information content (AvgIpc) is 2.25. The van der Waals surface area contributed by atoms with Crippen LogP contribution in [0.4, 0.5) is 0 Å². The standard InChI is InChI=1S/C5H5NO2.C5H9NO/c7-4-2-1-3-6-5(4)8;7-5-3-1-2-4-6-5/h1-3,7H,(H,6,8);1-4H2,(H,6,7). The molecule has 5 nitrogen and oxygen atoms in total. The third-order valence-corrected chi connectivity index (χ3v) is 1.95. The predicted molar refractivity (Wildman–Crippen MR) is 55.6 cm³/mol. The summed E-state index contributed by atoms with van der Waals surface area (Å²) < 4.78 is 0. The minimum absolute atomic E-state index is 0.214. The molecule has 1 fully saturated rings. The summed E-state index contributed by atoms with van der Waals surface area (Å²) in [6.45, 7) is 0.888. The number of rotatable bonds is 0. The van der Waals surface area contributed by atoms with Crippen molar-refractivity contribution in [1.82, 2.24) is 10.3 Å². The van der Waals surface area contributed by atoms with Crippen LogP contribution < -0.4 is 10.9 Å². The van der Waals surface area contributed by atoms with Crippen molar-refractivity contribution in [3.8, 4) is 5.75 Å². The molecule has 1 aromatic heterocycles. The molecule has 1 aliphatic heterocycles. The average molecular weight is 210 g/mol. The number of carbonyl (C=O) groups is 1. The maximum absolute atomic E-state index is 10.4. The number of H-pyrrole nitrogens is 1. The van der Waals surface area contributed by atoms with Crippen LogP contribution >= 0.6 is 0 Å². The fourth-order valence-electron chi connectivity index (χ4n) is 1.14. The Morgan fingerprint density at radius 3 is 2.40 bits per heavy atom. The van der Waals surface area contributed by atoms with Gasteiger partial charge in [0.15, 0.2) is 5.75 Å². The Morgan fingerprint density at radius 2 is 2.07 bits per heavy atom. The SMILES string of the molecule is O=C1CCCCN1.O=c1[nH]cccc1O. The molecule has 1 aromatic rings. The molecule has 0 atom stereocenters. The van der Waals surface area contributed by atoms with Crippen LogP contribution in [0.3, 0.4) is 0 Å². The van der Waals surface area contributed by atoms with Gasteiger partial charge in [-0.25, -0.2) is 0 Å². The zero-order valence-electron chi connectivity index (χ0n) is 8.32. The van der Waals surface area contributed by atoms with Gasteiger partial charge in [0.05, 0.1) is 0 Å². The van der Waals surface area contributed by atoms with Crippen molar-refractivity contribution in [2.45, 2.75) is 19.3 Å². The van der Waals surface area contributed by atoms with Gasteiger partial charge in [0.25, 0.3) is 5.56 Å². The number of aromatic amines is 1. The highest BCUT2D eigenvalue weighted by atomic mass is 16.3. The predicted octanol–water partition coefficient (Wildman–Crippen LogP) is 0.367. The summed E-state index contributed by atoms with van der Waals surface area (Å²) in [6.07, 6.45) is 4.43. The Kier molecular flexibility index (Phi) is 4.40.